The number of aryl methyl sites for hydroxylation is 1. The Morgan fingerprint density at radius 2 is 1.62 bits per heavy atom. The molecule has 3 rings (SSSR count). The topological polar surface area (TPSA) is 54.0 Å². The molecule has 0 aromatic heterocycles. The molecular formula is C22H28ClN3O3. The lowest BCUT2D eigenvalue weighted by Gasteiger charge is -2.34. The molecule has 2 aromatic carbocycles. The van der Waals surface area contributed by atoms with Crippen molar-refractivity contribution < 1.29 is 14.3 Å². The van der Waals surface area contributed by atoms with Crippen molar-refractivity contribution in [3.63, 3.8) is 0 Å². The van der Waals surface area contributed by atoms with Crippen LogP contribution in [0.25, 0.3) is 0 Å². The van der Waals surface area contributed by atoms with Crippen molar-refractivity contribution in [1.82, 2.24) is 9.80 Å². The zero-order chi connectivity index (χ0) is 20.8. The molecule has 1 saturated heterocycles. The standard InChI is InChI=1S/C22H28ClN3O3/c1-16-4-6-17(7-5-16)14-25-8-10-26(11-9-25)15-22(27)24-19-13-20(28-2)18(23)12-21(19)29-3/h4-7,12-13H,8-11,14-15H2,1-3H3,(H,24,27). The van der Waals surface area contributed by atoms with E-state index < -0.39 is 0 Å². The summed E-state index contributed by atoms with van der Waals surface area (Å²) in [4.78, 5) is 17.1. The van der Waals surface area contributed by atoms with E-state index in [9.17, 15) is 4.79 Å². The van der Waals surface area contributed by atoms with E-state index in [1.165, 1.54) is 18.2 Å². The maximum atomic E-state index is 12.5. The molecule has 1 heterocycles. The van der Waals surface area contributed by atoms with E-state index in [2.05, 4.69) is 46.3 Å². The largest absolute Gasteiger partial charge is 0.495 e. The molecule has 1 amide bonds. The summed E-state index contributed by atoms with van der Waals surface area (Å²) in [6.07, 6.45) is 0. The number of methoxy groups -OCH3 is 2. The molecule has 6 nitrogen and oxygen atoms in total. The number of rotatable bonds is 7. The lowest BCUT2D eigenvalue weighted by molar-refractivity contribution is -0.117. The van der Waals surface area contributed by atoms with Crippen molar-refractivity contribution >= 4 is 23.2 Å². The molecule has 0 aliphatic carbocycles. The summed E-state index contributed by atoms with van der Waals surface area (Å²) in [5.74, 6) is 0.916. The molecule has 0 atom stereocenters. The molecule has 7 heteroatoms. The predicted molar refractivity (Wildman–Crippen MR) is 116 cm³/mol. The van der Waals surface area contributed by atoms with Gasteiger partial charge in [0.2, 0.25) is 5.91 Å². The number of benzene rings is 2. The van der Waals surface area contributed by atoms with Gasteiger partial charge in [-0.25, -0.2) is 0 Å². The van der Waals surface area contributed by atoms with E-state index in [1.54, 1.807) is 19.2 Å². The first-order valence-electron chi connectivity index (χ1n) is 9.70. The van der Waals surface area contributed by atoms with Crippen molar-refractivity contribution in [2.45, 2.75) is 13.5 Å². The highest BCUT2D eigenvalue weighted by Gasteiger charge is 2.20. The molecule has 1 N–H and O–H groups in total. The van der Waals surface area contributed by atoms with Gasteiger partial charge >= 0.3 is 0 Å². The SMILES string of the molecule is COc1cc(NC(=O)CN2CCN(Cc3ccc(C)cc3)CC2)c(OC)cc1Cl. The molecule has 1 aliphatic rings. The van der Waals surface area contributed by atoms with Crippen LogP contribution in [0.3, 0.4) is 0 Å². The van der Waals surface area contributed by atoms with Crippen molar-refractivity contribution in [2.24, 2.45) is 0 Å². The number of piperazine rings is 1. The lowest BCUT2D eigenvalue weighted by atomic mass is 10.1. The smallest absolute Gasteiger partial charge is 0.238 e. The van der Waals surface area contributed by atoms with Crippen molar-refractivity contribution in [3.05, 3.63) is 52.5 Å². The van der Waals surface area contributed by atoms with E-state index in [1.807, 2.05) is 0 Å². The number of hydrogen-bond acceptors (Lipinski definition) is 5. The first-order valence-corrected chi connectivity index (χ1v) is 10.1. The van der Waals surface area contributed by atoms with Gasteiger partial charge in [0.1, 0.15) is 11.5 Å². The number of anilines is 1. The van der Waals surface area contributed by atoms with Crippen LogP contribution in [0.4, 0.5) is 5.69 Å². The molecule has 0 bridgehead atoms. The summed E-state index contributed by atoms with van der Waals surface area (Å²) >= 11 is 6.12. The second-order valence-electron chi connectivity index (χ2n) is 7.27. The van der Waals surface area contributed by atoms with Crippen molar-refractivity contribution in [2.75, 3.05) is 52.3 Å². The van der Waals surface area contributed by atoms with Gasteiger partial charge in [-0.3, -0.25) is 14.6 Å². The number of amides is 1. The van der Waals surface area contributed by atoms with E-state index in [-0.39, 0.29) is 5.91 Å². The third-order valence-electron chi connectivity index (χ3n) is 5.11. The molecule has 29 heavy (non-hydrogen) atoms. The Kier molecular flexibility index (Phi) is 7.36. The highest BCUT2D eigenvalue weighted by Crippen LogP contribution is 2.35. The average molecular weight is 418 g/mol. The lowest BCUT2D eigenvalue weighted by Crippen LogP contribution is -2.48. The Bertz CT molecular complexity index is 834. The van der Waals surface area contributed by atoms with Crippen molar-refractivity contribution in [1.29, 1.82) is 0 Å². The number of hydrogen-bond donors (Lipinski definition) is 1. The summed E-state index contributed by atoms with van der Waals surface area (Å²) in [5, 5.41) is 3.35. The van der Waals surface area contributed by atoms with Gasteiger partial charge in [-0.2, -0.15) is 0 Å². The van der Waals surface area contributed by atoms with Gasteiger partial charge in [-0.05, 0) is 12.5 Å². The molecule has 156 valence electrons. The fourth-order valence-corrected chi connectivity index (χ4v) is 3.64. The number of nitrogens with one attached hydrogen (secondary N) is 1. The molecule has 0 unspecified atom stereocenters. The van der Waals surface area contributed by atoms with Crippen molar-refractivity contribution in [3.8, 4) is 11.5 Å². The molecule has 2 aromatic rings. The quantitative estimate of drug-likeness (QED) is 0.748. The number of halogens is 1. The van der Waals surface area contributed by atoms with Gasteiger partial charge in [0, 0.05) is 44.9 Å². The Balaban J connectivity index is 1.50. The van der Waals surface area contributed by atoms with Crippen LogP contribution in [0, 0.1) is 6.92 Å². The third kappa shape index (κ3) is 5.85. The minimum atomic E-state index is -0.0836. The second kappa shape index (κ2) is 9.96. The Labute approximate surface area is 177 Å². The maximum absolute atomic E-state index is 12.5. The zero-order valence-electron chi connectivity index (χ0n) is 17.2. The minimum absolute atomic E-state index is 0.0836. The van der Waals surface area contributed by atoms with Crippen LogP contribution in [0.2, 0.25) is 5.02 Å². The van der Waals surface area contributed by atoms with Crippen LogP contribution in [0.15, 0.2) is 36.4 Å². The van der Waals surface area contributed by atoms with E-state index in [0.717, 1.165) is 32.7 Å². The summed E-state index contributed by atoms with van der Waals surface area (Å²) in [6, 6.07) is 12.0. The Morgan fingerprint density at radius 3 is 2.24 bits per heavy atom. The van der Waals surface area contributed by atoms with E-state index in [4.69, 9.17) is 21.1 Å². The van der Waals surface area contributed by atoms with Crippen LogP contribution < -0.4 is 14.8 Å². The number of carbonyl (C=O) groups excluding carboxylic acids is 1. The van der Waals surface area contributed by atoms with Gasteiger partial charge in [-0.1, -0.05) is 41.4 Å². The first-order chi connectivity index (χ1) is 14.0. The summed E-state index contributed by atoms with van der Waals surface area (Å²) in [6.45, 7) is 7.00. The predicted octanol–water partition coefficient (Wildman–Crippen LogP) is 3.42. The number of carbonyl (C=O) groups is 1. The zero-order valence-corrected chi connectivity index (χ0v) is 18.0. The second-order valence-corrected chi connectivity index (χ2v) is 7.68. The summed E-state index contributed by atoms with van der Waals surface area (Å²) in [5.41, 5.74) is 3.15. The van der Waals surface area contributed by atoms with Crippen LogP contribution in [-0.2, 0) is 11.3 Å². The highest BCUT2D eigenvalue weighted by molar-refractivity contribution is 6.32. The van der Waals surface area contributed by atoms with Gasteiger partial charge in [-0.15, -0.1) is 0 Å². The summed E-state index contributed by atoms with van der Waals surface area (Å²) in [7, 11) is 3.08. The van der Waals surface area contributed by atoms with Gasteiger partial charge in [0.05, 0.1) is 31.5 Å². The fourth-order valence-electron chi connectivity index (χ4n) is 3.41. The molecular weight excluding hydrogens is 390 g/mol. The minimum Gasteiger partial charge on any atom is -0.495 e. The Morgan fingerprint density at radius 1 is 1.00 bits per heavy atom. The molecule has 0 spiro atoms. The third-order valence-corrected chi connectivity index (χ3v) is 5.40. The summed E-state index contributed by atoms with van der Waals surface area (Å²) < 4.78 is 10.5. The fraction of sp³-hybridized carbons (Fsp3) is 0.409. The van der Waals surface area contributed by atoms with Gasteiger partial charge in [0.25, 0.3) is 0 Å². The maximum Gasteiger partial charge on any atom is 0.238 e. The van der Waals surface area contributed by atoms with Crippen LogP contribution in [0.5, 0.6) is 11.5 Å². The van der Waals surface area contributed by atoms with Gasteiger partial charge < -0.3 is 14.8 Å². The monoisotopic (exact) mass is 417 g/mol. The van der Waals surface area contributed by atoms with Crippen LogP contribution >= 0.6 is 11.6 Å². The number of nitrogens with zero attached hydrogens (tertiary/aromatic N) is 2. The van der Waals surface area contributed by atoms with Crippen LogP contribution in [-0.4, -0.2) is 62.7 Å². The van der Waals surface area contributed by atoms with Gasteiger partial charge in [0.15, 0.2) is 0 Å². The number of ether oxygens (including phenoxy) is 2. The molecule has 1 aliphatic heterocycles. The first kappa shape index (κ1) is 21.4. The van der Waals surface area contributed by atoms with E-state index >= 15 is 0 Å². The Hall–Kier alpha value is -2.28. The molecule has 0 saturated carbocycles. The average Bonchev–Trinajstić information content (AvgIpc) is 2.72. The highest BCUT2D eigenvalue weighted by atomic mass is 35.5. The normalized spacial score (nSPS) is 15.2. The molecule has 1 fully saturated rings. The van der Waals surface area contributed by atoms with E-state index in [0.29, 0.717) is 28.8 Å². The van der Waals surface area contributed by atoms with Crippen LogP contribution in [0.1, 0.15) is 11.1 Å². The molecule has 0 radical (unpaired) electrons.